The van der Waals surface area contributed by atoms with Crippen LogP contribution in [0.3, 0.4) is 0 Å². The van der Waals surface area contributed by atoms with E-state index in [0.717, 1.165) is 21.0 Å². The molecule has 0 unspecified atom stereocenters. The molecule has 0 atom stereocenters. The Morgan fingerprint density at radius 3 is 2.67 bits per heavy atom. The van der Waals surface area contributed by atoms with Gasteiger partial charge < -0.3 is 5.32 Å². The Kier molecular flexibility index (Phi) is 4.03. The van der Waals surface area contributed by atoms with E-state index in [1.165, 1.54) is 4.70 Å². The minimum absolute atomic E-state index is 0.534. The number of hydrogen-bond acceptors (Lipinski definition) is 3. The first-order valence-electron chi connectivity index (χ1n) is 6.28. The zero-order chi connectivity index (χ0) is 14.8. The lowest BCUT2D eigenvalue weighted by Gasteiger charge is -2.07. The van der Waals surface area contributed by atoms with Crippen molar-refractivity contribution in [3.8, 4) is 6.07 Å². The number of rotatable bonds is 3. The summed E-state index contributed by atoms with van der Waals surface area (Å²) in [4.78, 5) is 1.07. The minimum atomic E-state index is 0.534. The third-order valence-electron chi connectivity index (χ3n) is 3.14. The van der Waals surface area contributed by atoms with E-state index in [1.807, 2.05) is 24.3 Å². The maximum absolute atomic E-state index is 8.83. The van der Waals surface area contributed by atoms with Gasteiger partial charge in [-0.25, -0.2) is 0 Å². The molecule has 0 aliphatic heterocycles. The molecule has 0 spiro atoms. The molecule has 3 rings (SSSR count). The van der Waals surface area contributed by atoms with Crippen LogP contribution < -0.4 is 5.32 Å². The van der Waals surface area contributed by atoms with Crippen LogP contribution in [-0.2, 0) is 6.54 Å². The Morgan fingerprint density at radius 2 is 1.95 bits per heavy atom. The van der Waals surface area contributed by atoms with Gasteiger partial charge in [-0.2, -0.15) is 5.26 Å². The second kappa shape index (κ2) is 5.95. The summed E-state index contributed by atoms with van der Waals surface area (Å²) in [6.45, 7) is 0.601. The molecule has 21 heavy (non-hydrogen) atoms. The van der Waals surface area contributed by atoms with E-state index in [0.29, 0.717) is 17.1 Å². The summed E-state index contributed by atoms with van der Waals surface area (Å²) in [5, 5.41) is 14.5. The first kappa shape index (κ1) is 14.2. The van der Waals surface area contributed by atoms with Gasteiger partial charge in [-0.15, -0.1) is 11.3 Å². The molecule has 1 aromatic heterocycles. The molecule has 0 aliphatic rings. The maximum Gasteiger partial charge on any atom is 0.0992 e. The third-order valence-corrected chi connectivity index (χ3v) is 5.17. The molecule has 0 saturated carbocycles. The normalized spacial score (nSPS) is 10.5. The number of nitrogens with one attached hydrogen (secondary N) is 1. The SMILES string of the molecule is N#Cc1ccc(NCc2sc3ccccc3c2Cl)c(Cl)c1. The van der Waals surface area contributed by atoms with Gasteiger partial charge in [-0.05, 0) is 24.3 Å². The van der Waals surface area contributed by atoms with E-state index in [9.17, 15) is 0 Å². The van der Waals surface area contributed by atoms with Crippen molar-refractivity contribution in [1.29, 1.82) is 5.26 Å². The summed E-state index contributed by atoms with van der Waals surface area (Å²) in [5.41, 5.74) is 1.34. The molecule has 1 N–H and O–H groups in total. The average molecular weight is 333 g/mol. The van der Waals surface area contributed by atoms with Crippen LogP contribution >= 0.6 is 34.5 Å². The molecule has 3 aromatic rings. The number of anilines is 1. The number of thiophene rings is 1. The third kappa shape index (κ3) is 2.84. The minimum Gasteiger partial charge on any atom is -0.379 e. The quantitative estimate of drug-likeness (QED) is 0.668. The van der Waals surface area contributed by atoms with Gasteiger partial charge in [0.2, 0.25) is 0 Å². The Bertz CT molecular complexity index is 849. The van der Waals surface area contributed by atoms with Gasteiger partial charge in [0.15, 0.2) is 0 Å². The van der Waals surface area contributed by atoms with Crippen molar-refractivity contribution in [3.05, 3.63) is 63.0 Å². The lowest BCUT2D eigenvalue weighted by Crippen LogP contribution is -1.98. The Balaban J connectivity index is 1.84. The predicted octanol–water partition coefficient (Wildman–Crippen LogP) is 5.69. The summed E-state index contributed by atoms with van der Waals surface area (Å²) in [7, 11) is 0. The number of hydrogen-bond donors (Lipinski definition) is 1. The highest BCUT2D eigenvalue weighted by atomic mass is 35.5. The van der Waals surface area contributed by atoms with Crippen LogP contribution in [0.2, 0.25) is 10.0 Å². The number of nitriles is 1. The van der Waals surface area contributed by atoms with Crippen LogP contribution in [0, 0.1) is 11.3 Å². The number of benzene rings is 2. The standard InChI is InChI=1S/C16H10Cl2N2S/c17-12-7-10(8-19)5-6-13(12)20-9-15-16(18)11-3-1-2-4-14(11)21-15/h1-7,20H,9H2. The van der Waals surface area contributed by atoms with E-state index in [1.54, 1.807) is 23.5 Å². The van der Waals surface area contributed by atoms with Gasteiger partial charge in [-0.3, -0.25) is 0 Å². The summed E-state index contributed by atoms with van der Waals surface area (Å²) in [6, 6.07) is 15.3. The van der Waals surface area contributed by atoms with E-state index in [4.69, 9.17) is 28.5 Å². The van der Waals surface area contributed by atoms with Crippen LogP contribution in [-0.4, -0.2) is 0 Å². The van der Waals surface area contributed by atoms with Crippen molar-refractivity contribution in [2.75, 3.05) is 5.32 Å². The fourth-order valence-corrected chi connectivity index (χ4v) is 3.77. The highest BCUT2D eigenvalue weighted by Gasteiger charge is 2.10. The zero-order valence-corrected chi connectivity index (χ0v) is 13.2. The summed E-state index contributed by atoms with van der Waals surface area (Å²) in [6.07, 6.45) is 0. The van der Waals surface area contributed by atoms with Crippen LogP contribution in [0.25, 0.3) is 10.1 Å². The highest BCUT2D eigenvalue weighted by Crippen LogP contribution is 2.36. The Morgan fingerprint density at radius 1 is 1.14 bits per heavy atom. The molecule has 0 saturated heterocycles. The van der Waals surface area contributed by atoms with Crippen molar-refractivity contribution < 1.29 is 0 Å². The van der Waals surface area contributed by atoms with Gasteiger partial charge >= 0.3 is 0 Å². The van der Waals surface area contributed by atoms with Gasteiger partial charge in [0.05, 0.1) is 33.9 Å². The monoisotopic (exact) mass is 332 g/mol. The predicted molar refractivity (Wildman–Crippen MR) is 90.3 cm³/mol. The fraction of sp³-hybridized carbons (Fsp3) is 0.0625. The molecule has 5 heteroatoms. The van der Waals surface area contributed by atoms with E-state index in [2.05, 4.69) is 17.5 Å². The van der Waals surface area contributed by atoms with Crippen LogP contribution in [0.4, 0.5) is 5.69 Å². The lowest BCUT2D eigenvalue weighted by atomic mass is 10.2. The van der Waals surface area contributed by atoms with Crippen molar-refractivity contribution >= 4 is 50.3 Å². The molecule has 2 aromatic carbocycles. The maximum atomic E-state index is 8.83. The number of halogens is 2. The van der Waals surface area contributed by atoms with E-state index >= 15 is 0 Å². The molecule has 2 nitrogen and oxygen atoms in total. The Hall–Kier alpha value is -1.73. The second-order valence-electron chi connectivity index (χ2n) is 4.50. The van der Waals surface area contributed by atoms with Gasteiger partial charge in [0.25, 0.3) is 0 Å². The summed E-state index contributed by atoms with van der Waals surface area (Å²) < 4.78 is 1.17. The molecule has 0 radical (unpaired) electrons. The van der Waals surface area contributed by atoms with Crippen molar-refractivity contribution in [3.63, 3.8) is 0 Å². The molecular formula is C16H10Cl2N2S. The average Bonchev–Trinajstić information content (AvgIpc) is 2.83. The molecule has 1 heterocycles. The molecule has 0 amide bonds. The number of fused-ring (bicyclic) bond motifs is 1. The Labute approximate surface area is 136 Å². The summed E-state index contributed by atoms with van der Waals surface area (Å²) in [5.74, 6) is 0. The molecule has 0 bridgehead atoms. The van der Waals surface area contributed by atoms with Gasteiger partial charge in [-0.1, -0.05) is 41.4 Å². The van der Waals surface area contributed by atoms with Crippen molar-refractivity contribution in [1.82, 2.24) is 0 Å². The largest absolute Gasteiger partial charge is 0.379 e. The van der Waals surface area contributed by atoms with Crippen LogP contribution in [0.5, 0.6) is 0 Å². The highest BCUT2D eigenvalue weighted by molar-refractivity contribution is 7.19. The van der Waals surface area contributed by atoms with Crippen LogP contribution in [0.15, 0.2) is 42.5 Å². The van der Waals surface area contributed by atoms with Gasteiger partial charge in [0, 0.05) is 15.0 Å². The first-order valence-corrected chi connectivity index (χ1v) is 7.85. The molecule has 0 fully saturated rings. The smallest absolute Gasteiger partial charge is 0.0992 e. The van der Waals surface area contributed by atoms with Crippen LogP contribution in [0.1, 0.15) is 10.4 Å². The lowest BCUT2D eigenvalue weighted by molar-refractivity contribution is 1.19. The topological polar surface area (TPSA) is 35.8 Å². The molecule has 0 aliphatic carbocycles. The van der Waals surface area contributed by atoms with Crippen molar-refractivity contribution in [2.24, 2.45) is 0 Å². The van der Waals surface area contributed by atoms with E-state index < -0.39 is 0 Å². The second-order valence-corrected chi connectivity index (χ2v) is 6.42. The van der Waals surface area contributed by atoms with Gasteiger partial charge in [0.1, 0.15) is 0 Å². The molecule has 104 valence electrons. The van der Waals surface area contributed by atoms with E-state index in [-0.39, 0.29) is 0 Å². The summed E-state index contributed by atoms with van der Waals surface area (Å²) >= 11 is 14.2. The molecular weight excluding hydrogens is 323 g/mol. The number of nitrogens with zero attached hydrogens (tertiary/aromatic N) is 1. The zero-order valence-electron chi connectivity index (χ0n) is 10.9. The fourth-order valence-electron chi connectivity index (χ4n) is 2.08. The van der Waals surface area contributed by atoms with Crippen molar-refractivity contribution in [2.45, 2.75) is 6.54 Å². The first-order chi connectivity index (χ1) is 10.2.